The van der Waals surface area contributed by atoms with Crippen LogP contribution in [0.15, 0.2) is 26.3 Å². The predicted molar refractivity (Wildman–Crippen MR) is 126 cm³/mol. The van der Waals surface area contributed by atoms with Crippen molar-refractivity contribution in [2.24, 2.45) is 5.10 Å². The van der Waals surface area contributed by atoms with Crippen LogP contribution in [0.3, 0.4) is 0 Å². The zero-order chi connectivity index (χ0) is 24.0. The summed E-state index contributed by atoms with van der Waals surface area (Å²) in [5.74, 6) is 1.11. The number of aryl methyl sites for hydroxylation is 2. The van der Waals surface area contributed by atoms with Gasteiger partial charge in [0, 0.05) is 34.7 Å². The molecule has 0 radical (unpaired) electrons. The molecule has 1 aliphatic heterocycles. The monoisotopic (exact) mass is 454 g/mol. The second kappa shape index (κ2) is 8.48. The number of nitrogens with zero attached hydrogens (tertiary/aromatic N) is 1. The lowest BCUT2D eigenvalue weighted by atomic mass is 9.79. The van der Waals surface area contributed by atoms with Gasteiger partial charge in [-0.2, -0.15) is 5.10 Å². The third kappa shape index (κ3) is 4.90. The standard InChI is InChI=1S/C25H34N4O4/c1-14-20-18(27-28-22(30)17-10-11-32-15(17)2)8-7-9-19(20)33-21(14)23(31)26-16-12-24(3,4)29-25(5,6)13-16/h10-11,16,29H,7-9,12-13H2,1-6H3,(H,26,31)(H,28,30)/b27-18+. The molecule has 178 valence electrons. The molecule has 0 bridgehead atoms. The van der Waals surface area contributed by atoms with Crippen LogP contribution in [0, 0.1) is 13.8 Å². The van der Waals surface area contributed by atoms with E-state index in [0.29, 0.717) is 23.5 Å². The Morgan fingerprint density at radius 3 is 2.42 bits per heavy atom. The van der Waals surface area contributed by atoms with Gasteiger partial charge in [0.2, 0.25) is 0 Å². The molecule has 0 atom stereocenters. The molecule has 1 fully saturated rings. The third-order valence-corrected chi connectivity index (χ3v) is 6.45. The van der Waals surface area contributed by atoms with Gasteiger partial charge >= 0.3 is 0 Å². The van der Waals surface area contributed by atoms with Gasteiger partial charge in [0.05, 0.1) is 17.5 Å². The highest BCUT2D eigenvalue weighted by Crippen LogP contribution is 2.32. The maximum absolute atomic E-state index is 13.2. The van der Waals surface area contributed by atoms with Crippen LogP contribution in [0.1, 0.15) is 96.9 Å². The van der Waals surface area contributed by atoms with Crippen LogP contribution in [-0.4, -0.2) is 34.6 Å². The normalized spacial score (nSPS) is 21.0. The van der Waals surface area contributed by atoms with Crippen molar-refractivity contribution in [3.05, 3.63) is 46.3 Å². The summed E-state index contributed by atoms with van der Waals surface area (Å²) in [6.07, 6.45) is 5.45. The van der Waals surface area contributed by atoms with Gasteiger partial charge in [0.15, 0.2) is 5.76 Å². The Labute approximate surface area is 194 Å². The summed E-state index contributed by atoms with van der Waals surface area (Å²) in [5, 5.41) is 11.2. The molecular formula is C25H34N4O4. The summed E-state index contributed by atoms with van der Waals surface area (Å²) in [4.78, 5) is 25.6. The van der Waals surface area contributed by atoms with E-state index in [4.69, 9.17) is 8.83 Å². The van der Waals surface area contributed by atoms with Gasteiger partial charge in [0.25, 0.3) is 11.8 Å². The van der Waals surface area contributed by atoms with Crippen molar-refractivity contribution in [2.45, 2.75) is 90.8 Å². The van der Waals surface area contributed by atoms with E-state index >= 15 is 0 Å². The van der Waals surface area contributed by atoms with E-state index in [0.717, 1.165) is 48.3 Å². The molecule has 0 spiro atoms. The average molecular weight is 455 g/mol. The van der Waals surface area contributed by atoms with Crippen LogP contribution in [0.4, 0.5) is 0 Å². The van der Waals surface area contributed by atoms with E-state index < -0.39 is 0 Å². The van der Waals surface area contributed by atoms with Crippen LogP contribution in [-0.2, 0) is 6.42 Å². The Morgan fingerprint density at radius 2 is 1.79 bits per heavy atom. The summed E-state index contributed by atoms with van der Waals surface area (Å²) in [6, 6.07) is 1.67. The number of hydrazone groups is 1. The molecule has 2 aromatic heterocycles. The fourth-order valence-corrected chi connectivity index (χ4v) is 5.47. The van der Waals surface area contributed by atoms with Crippen LogP contribution >= 0.6 is 0 Å². The van der Waals surface area contributed by atoms with Gasteiger partial charge < -0.3 is 19.5 Å². The summed E-state index contributed by atoms with van der Waals surface area (Å²) in [7, 11) is 0. The van der Waals surface area contributed by atoms with Gasteiger partial charge in [-0.05, 0) is 73.3 Å². The molecule has 8 nitrogen and oxygen atoms in total. The number of nitrogens with one attached hydrogen (secondary N) is 3. The minimum Gasteiger partial charge on any atom is -0.469 e. The lowest BCUT2D eigenvalue weighted by Gasteiger charge is -2.46. The van der Waals surface area contributed by atoms with Crippen molar-refractivity contribution in [3.63, 3.8) is 0 Å². The summed E-state index contributed by atoms with van der Waals surface area (Å²) < 4.78 is 11.2. The number of carbonyl (C=O) groups excluding carboxylic acids is 2. The van der Waals surface area contributed by atoms with E-state index in [1.165, 1.54) is 6.26 Å². The van der Waals surface area contributed by atoms with E-state index in [2.05, 4.69) is 48.9 Å². The minimum atomic E-state index is -0.323. The molecule has 33 heavy (non-hydrogen) atoms. The first-order valence-corrected chi connectivity index (χ1v) is 11.6. The zero-order valence-electron chi connectivity index (χ0n) is 20.3. The predicted octanol–water partition coefficient (Wildman–Crippen LogP) is 4.00. The highest BCUT2D eigenvalue weighted by atomic mass is 16.4. The molecule has 1 aliphatic carbocycles. The molecule has 4 rings (SSSR count). The second-order valence-electron chi connectivity index (χ2n) is 10.6. The lowest BCUT2D eigenvalue weighted by Crippen LogP contribution is -2.62. The van der Waals surface area contributed by atoms with Crippen molar-refractivity contribution >= 4 is 17.5 Å². The minimum absolute atomic E-state index is 0.0518. The summed E-state index contributed by atoms with van der Waals surface area (Å²) >= 11 is 0. The number of furan rings is 2. The first kappa shape index (κ1) is 23.3. The Hall–Kier alpha value is -2.87. The van der Waals surface area contributed by atoms with Crippen molar-refractivity contribution in [3.8, 4) is 0 Å². The molecule has 3 heterocycles. The molecule has 1 saturated heterocycles. The summed E-state index contributed by atoms with van der Waals surface area (Å²) in [6.45, 7) is 12.3. The molecule has 0 saturated carbocycles. The van der Waals surface area contributed by atoms with Gasteiger partial charge in [-0.3, -0.25) is 9.59 Å². The van der Waals surface area contributed by atoms with Crippen molar-refractivity contribution < 1.29 is 18.4 Å². The Balaban J connectivity index is 1.53. The molecule has 3 N–H and O–H groups in total. The fraction of sp³-hybridized carbons (Fsp3) is 0.560. The number of carbonyl (C=O) groups is 2. The number of hydrogen-bond acceptors (Lipinski definition) is 6. The number of fused-ring (bicyclic) bond motifs is 1. The van der Waals surface area contributed by atoms with Crippen molar-refractivity contribution in [1.29, 1.82) is 0 Å². The SMILES string of the molecule is Cc1occc1C(=O)N/N=C1\CCCc2oc(C(=O)NC3CC(C)(C)NC(C)(C)C3)c(C)c21. The van der Waals surface area contributed by atoms with Crippen molar-refractivity contribution in [2.75, 3.05) is 0 Å². The first-order valence-electron chi connectivity index (χ1n) is 11.6. The molecule has 2 aliphatic rings. The highest BCUT2D eigenvalue weighted by Gasteiger charge is 2.39. The second-order valence-corrected chi connectivity index (χ2v) is 10.6. The van der Waals surface area contributed by atoms with Gasteiger partial charge in [-0.15, -0.1) is 0 Å². The van der Waals surface area contributed by atoms with E-state index in [1.807, 2.05) is 6.92 Å². The smallest absolute Gasteiger partial charge is 0.287 e. The Bertz CT molecular complexity index is 1090. The molecule has 2 amide bonds. The maximum Gasteiger partial charge on any atom is 0.287 e. The maximum atomic E-state index is 13.2. The third-order valence-electron chi connectivity index (χ3n) is 6.45. The number of rotatable bonds is 4. The van der Waals surface area contributed by atoms with Gasteiger partial charge in [0.1, 0.15) is 11.5 Å². The van der Waals surface area contributed by atoms with Crippen LogP contribution in [0.2, 0.25) is 0 Å². The van der Waals surface area contributed by atoms with E-state index in [-0.39, 0.29) is 28.9 Å². The molecular weight excluding hydrogens is 420 g/mol. The van der Waals surface area contributed by atoms with Crippen LogP contribution in [0.25, 0.3) is 0 Å². The largest absolute Gasteiger partial charge is 0.469 e. The highest BCUT2D eigenvalue weighted by molar-refractivity contribution is 6.07. The first-order chi connectivity index (χ1) is 15.5. The Morgan fingerprint density at radius 1 is 1.09 bits per heavy atom. The van der Waals surface area contributed by atoms with Gasteiger partial charge in [-0.25, -0.2) is 5.43 Å². The molecule has 0 unspecified atom stereocenters. The number of hydrogen-bond donors (Lipinski definition) is 3. The van der Waals surface area contributed by atoms with E-state index in [9.17, 15) is 9.59 Å². The topological polar surface area (TPSA) is 109 Å². The van der Waals surface area contributed by atoms with Crippen LogP contribution < -0.4 is 16.1 Å². The lowest BCUT2D eigenvalue weighted by molar-refractivity contribution is 0.0842. The molecule has 2 aromatic rings. The van der Waals surface area contributed by atoms with Gasteiger partial charge in [-0.1, -0.05) is 0 Å². The fourth-order valence-electron chi connectivity index (χ4n) is 5.47. The molecule has 8 heteroatoms. The number of piperidine rings is 1. The number of amides is 2. The zero-order valence-corrected chi connectivity index (χ0v) is 20.3. The Kier molecular flexibility index (Phi) is 5.99. The average Bonchev–Trinajstić information content (AvgIpc) is 3.27. The van der Waals surface area contributed by atoms with Crippen molar-refractivity contribution in [1.82, 2.24) is 16.1 Å². The van der Waals surface area contributed by atoms with Crippen LogP contribution in [0.5, 0.6) is 0 Å². The quantitative estimate of drug-likeness (QED) is 0.605. The molecule has 0 aromatic carbocycles. The summed E-state index contributed by atoms with van der Waals surface area (Å²) in [5.41, 5.74) is 5.28. The van der Waals surface area contributed by atoms with E-state index in [1.54, 1.807) is 13.0 Å².